The van der Waals surface area contributed by atoms with Gasteiger partial charge in [-0.05, 0) is 74.2 Å². The summed E-state index contributed by atoms with van der Waals surface area (Å²) in [4.78, 5) is 15.9. The highest BCUT2D eigenvalue weighted by atomic mass is 32.2. The summed E-state index contributed by atoms with van der Waals surface area (Å²) >= 11 is 0. The number of ether oxygens (including phenoxy) is 2. The van der Waals surface area contributed by atoms with E-state index in [0.717, 1.165) is 27.8 Å². The van der Waals surface area contributed by atoms with Gasteiger partial charge >= 0.3 is 5.97 Å². The zero-order valence-corrected chi connectivity index (χ0v) is 24.4. The van der Waals surface area contributed by atoms with Crippen LogP contribution < -0.4 is 9.47 Å². The number of carbonyl (C=O) groups is 1. The first-order valence-corrected chi connectivity index (χ1v) is 15.2. The van der Waals surface area contributed by atoms with Gasteiger partial charge in [-0.1, -0.05) is 24.1 Å². The van der Waals surface area contributed by atoms with Gasteiger partial charge in [0.1, 0.15) is 27.9 Å². The van der Waals surface area contributed by atoms with Gasteiger partial charge in [0.25, 0.3) is 0 Å². The largest absolute Gasteiger partial charge is 0.494 e. The maximum atomic E-state index is 11.3. The van der Waals surface area contributed by atoms with Crippen LogP contribution >= 0.6 is 0 Å². The van der Waals surface area contributed by atoms with Crippen LogP contribution in [0.5, 0.6) is 11.5 Å². The third-order valence-electron chi connectivity index (χ3n) is 6.44. The van der Waals surface area contributed by atoms with Crippen LogP contribution in [0.4, 0.5) is 0 Å². The van der Waals surface area contributed by atoms with E-state index < -0.39 is 15.8 Å². The third-order valence-corrected chi connectivity index (χ3v) is 7.47. The van der Waals surface area contributed by atoms with Crippen LogP contribution in [0.25, 0.3) is 17.0 Å². The van der Waals surface area contributed by atoms with Crippen molar-refractivity contribution in [3.63, 3.8) is 0 Å². The number of carboxylic acid groups (broad SMARTS) is 1. The van der Waals surface area contributed by atoms with E-state index in [0.29, 0.717) is 42.6 Å². The first-order valence-electron chi connectivity index (χ1n) is 13.2. The molecular formula is C31H33N3O6S. The van der Waals surface area contributed by atoms with Gasteiger partial charge < -0.3 is 14.6 Å². The van der Waals surface area contributed by atoms with Crippen LogP contribution in [0.1, 0.15) is 47.9 Å². The topological polar surface area (TPSA) is 120 Å². The molecule has 0 aliphatic heterocycles. The lowest BCUT2D eigenvalue weighted by Gasteiger charge is -2.11. The fraction of sp³-hybridized carbons (Fsp3) is 0.323. The monoisotopic (exact) mass is 575 g/mol. The number of pyridine rings is 1. The Balaban J connectivity index is 1.43. The molecule has 41 heavy (non-hydrogen) atoms. The molecule has 4 rings (SSSR count). The number of carboxylic acids is 1. The van der Waals surface area contributed by atoms with E-state index in [9.17, 15) is 13.2 Å². The summed E-state index contributed by atoms with van der Waals surface area (Å²) in [6.45, 7) is 6.29. The number of nitrogens with zero attached hydrogens (tertiary/aromatic N) is 3. The summed E-state index contributed by atoms with van der Waals surface area (Å²) in [7, 11) is -3.01. The molecule has 0 spiro atoms. The second-order valence-corrected chi connectivity index (χ2v) is 12.2. The number of aliphatic carboxylic acids is 1. The van der Waals surface area contributed by atoms with E-state index in [1.165, 1.54) is 6.26 Å². The van der Waals surface area contributed by atoms with Crippen molar-refractivity contribution < 1.29 is 27.8 Å². The summed E-state index contributed by atoms with van der Waals surface area (Å²) in [5.74, 6) is 6.54. The van der Waals surface area contributed by atoms with Gasteiger partial charge in [0, 0.05) is 23.6 Å². The molecule has 1 atom stereocenters. The Morgan fingerprint density at radius 1 is 1.05 bits per heavy atom. The molecule has 2 heterocycles. The Hall–Kier alpha value is -4.36. The number of aromatic nitrogens is 3. The molecule has 0 aliphatic rings. The molecule has 2 aromatic heterocycles. The zero-order chi connectivity index (χ0) is 29.6. The highest BCUT2D eigenvalue weighted by Gasteiger charge is 2.15. The van der Waals surface area contributed by atoms with Crippen molar-refractivity contribution in [2.75, 3.05) is 18.6 Å². The standard InChI is InChI=1S/C31H33N3O6S/c1-5-7-25(18-29(35)36)24-9-11-26(12-10-24)40-20-23-8-13-28-32-31(33-34(28)19-23)30-21(2)16-27(17-22(30)3)39-14-6-15-41(4,37)38/h8-13,16-17,19,25H,6,14-15,18,20H2,1-4H3,(H,35,36)/t25-/m0/s1. The van der Waals surface area contributed by atoms with Crippen LogP contribution in [0, 0.1) is 25.7 Å². The van der Waals surface area contributed by atoms with Crippen LogP contribution in [0.3, 0.4) is 0 Å². The second-order valence-electron chi connectivity index (χ2n) is 9.94. The Morgan fingerprint density at radius 3 is 2.39 bits per heavy atom. The Labute approximate surface area is 240 Å². The highest BCUT2D eigenvalue weighted by molar-refractivity contribution is 7.90. The molecule has 0 radical (unpaired) electrons. The predicted octanol–water partition coefficient (Wildman–Crippen LogP) is 4.99. The average Bonchev–Trinajstić information content (AvgIpc) is 3.31. The minimum Gasteiger partial charge on any atom is -0.494 e. The van der Waals surface area contributed by atoms with E-state index in [-0.39, 0.29) is 18.1 Å². The molecule has 0 aliphatic carbocycles. The summed E-state index contributed by atoms with van der Waals surface area (Å²) < 4.78 is 36.1. The lowest BCUT2D eigenvalue weighted by Crippen LogP contribution is -2.08. The Bertz CT molecular complexity index is 1690. The summed E-state index contributed by atoms with van der Waals surface area (Å²) in [5, 5.41) is 13.9. The molecule has 214 valence electrons. The van der Waals surface area contributed by atoms with Crippen molar-refractivity contribution in [1.29, 1.82) is 0 Å². The third kappa shape index (κ3) is 8.08. The van der Waals surface area contributed by atoms with Crippen LogP contribution in [0.15, 0.2) is 54.7 Å². The quantitative estimate of drug-likeness (QED) is 0.185. The molecule has 1 N–H and O–H groups in total. The van der Waals surface area contributed by atoms with Crippen molar-refractivity contribution >= 4 is 21.5 Å². The Kier molecular flexibility index (Phi) is 9.30. The molecule has 4 aromatic rings. The number of hydrogen-bond donors (Lipinski definition) is 1. The van der Waals surface area contributed by atoms with Crippen molar-refractivity contribution in [3.05, 3.63) is 77.0 Å². The van der Waals surface area contributed by atoms with Gasteiger partial charge in [-0.15, -0.1) is 11.0 Å². The summed E-state index contributed by atoms with van der Waals surface area (Å²) in [5.41, 5.74) is 5.29. The zero-order valence-electron chi connectivity index (χ0n) is 23.5. The van der Waals surface area contributed by atoms with E-state index in [1.807, 2.05) is 68.6 Å². The number of fused-ring (bicyclic) bond motifs is 1. The predicted molar refractivity (Wildman–Crippen MR) is 157 cm³/mol. The minimum atomic E-state index is -3.01. The molecule has 10 heteroatoms. The normalized spacial score (nSPS) is 12.0. The van der Waals surface area contributed by atoms with Gasteiger partial charge in [-0.3, -0.25) is 4.79 Å². The maximum Gasteiger partial charge on any atom is 0.304 e. The number of sulfone groups is 1. The molecule has 0 saturated heterocycles. The van der Waals surface area contributed by atoms with Crippen molar-refractivity contribution in [2.45, 2.75) is 46.1 Å². The van der Waals surface area contributed by atoms with E-state index in [2.05, 4.69) is 11.8 Å². The maximum absolute atomic E-state index is 11.3. The molecular weight excluding hydrogens is 542 g/mol. The van der Waals surface area contributed by atoms with E-state index >= 15 is 0 Å². The van der Waals surface area contributed by atoms with Gasteiger partial charge in [-0.25, -0.2) is 17.9 Å². The first kappa shape index (κ1) is 29.6. The number of hydrogen-bond acceptors (Lipinski definition) is 7. The molecule has 9 nitrogen and oxygen atoms in total. The van der Waals surface area contributed by atoms with Gasteiger partial charge in [0.15, 0.2) is 11.5 Å². The molecule has 0 amide bonds. The highest BCUT2D eigenvalue weighted by Crippen LogP contribution is 2.30. The SMILES string of the molecule is CC#C[C@@H](CC(=O)O)c1ccc(OCc2ccc3nc(-c4c(C)cc(OCCCS(C)(=O)=O)cc4C)nn3c2)cc1. The lowest BCUT2D eigenvalue weighted by atomic mass is 9.96. The van der Waals surface area contributed by atoms with Crippen molar-refractivity contribution in [3.8, 4) is 34.7 Å². The number of benzene rings is 2. The fourth-order valence-corrected chi connectivity index (χ4v) is 5.19. The fourth-order valence-electron chi connectivity index (χ4n) is 4.55. The minimum absolute atomic E-state index is 0.0504. The first-order chi connectivity index (χ1) is 19.5. The van der Waals surface area contributed by atoms with E-state index in [4.69, 9.17) is 24.7 Å². The van der Waals surface area contributed by atoms with E-state index in [1.54, 1.807) is 11.4 Å². The van der Waals surface area contributed by atoms with Gasteiger partial charge in [-0.2, -0.15) is 0 Å². The van der Waals surface area contributed by atoms with Crippen molar-refractivity contribution in [2.24, 2.45) is 0 Å². The lowest BCUT2D eigenvalue weighted by molar-refractivity contribution is -0.137. The van der Waals surface area contributed by atoms with Crippen molar-refractivity contribution in [1.82, 2.24) is 14.6 Å². The van der Waals surface area contributed by atoms with Crippen LogP contribution in [-0.4, -0.2) is 52.7 Å². The van der Waals surface area contributed by atoms with Gasteiger partial charge in [0.2, 0.25) is 0 Å². The molecule has 0 saturated carbocycles. The second kappa shape index (κ2) is 12.9. The molecule has 0 bridgehead atoms. The number of aryl methyl sites for hydroxylation is 2. The number of rotatable bonds is 12. The Morgan fingerprint density at radius 2 is 1.76 bits per heavy atom. The molecule has 0 fully saturated rings. The van der Waals surface area contributed by atoms with Crippen LogP contribution in [-0.2, 0) is 21.2 Å². The van der Waals surface area contributed by atoms with Crippen LogP contribution in [0.2, 0.25) is 0 Å². The molecule has 0 unspecified atom stereocenters. The smallest absolute Gasteiger partial charge is 0.304 e. The average molecular weight is 576 g/mol. The summed E-state index contributed by atoms with van der Waals surface area (Å²) in [6.07, 6.45) is 3.49. The molecule has 2 aromatic carbocycles. The summed E-state index contributed by atoms with van der Waals surface area (Å²) in [6, 6.07) is 15.0. The van der Waals surface area contributed by atoms with Gasteiger partial charge in [0.05, 0.1) is 24.7 Å².